The Kier molecular flexibility index (Phi) is 3.87. The second kappa shape index (κ2) is 5.58. The lowest BCUT2D eigenvalue weighted by atomic mass is 10.3. The summed E-state index contributed by atoms with van der Waals surface area (Å²) in [4.78, 5) is 17.4. The van der Waals surface area contributed by atoms with Gasteiger partial charge in [-0.3, -0.25) is 4.79 Å². The van der Waals surface area contributed by atoms with Gasteiger partial charge in [-0.15, -0.1) is 0 Å². The number of hydrogen-bond acceptors (Lipinski definition) is 4. The van der Waals surface area contributed by atoms with E-state index in [-0.39, 0.29) is 0 Å². The molecule has 2 heterocycles. The van der Waals surface area contributed by atoms with Gasteiger partial charge in [0.05, 0.1) is 5.69 Å². The van der Waals surface area contributed by atoms with Crippen LogP contribution < -0.4 is 15.5 Å². The number of halogens is 1. The number of carbonyl (C=O) groups is 1. The van der Waals surface area contributed by atoms with Gasteiger partial charge in [0.25, 0.3) is 5.91 Å². The zero-order chi connectivity index (χ0) is 12.1. The number of amides is 1. The summed E-state index contributed by atoms with van der Waals surface area (Å²) in [5, 5.41) is 5.76. The van der Waals surface area contributed by atoms with Gasteiger partial charge in [0.2, 0.25) is 0 Å². The predicted octanol–water partition coefficient (Wildman–Crippen LogP) is 0.399. The van der Waals surface area contributed by atoms with Gasteiger partial charge in [0.15, 0.2) is 12.5 Å². The Bertz CT molecular complexity index is 393. The Labute approximate surface area is 99.0 Å². The minimum atomic E-state index is -1.02. The van der Waals surface area contributed by atoms with Gasteiger partial charge >= 0.3 is 0 Å². The van der Waals surface area contributed by atoms with E-state index in [9.17, 15) is 9.18 Å². The van der Waals surface area contributed by atoms with Crippen molar-refractivity contribution in [3.63, 3.8) is 0 Å². The second-order valence-corrected chi connectivity index (χ2v) is 3.79. The number of alkyl halides is 1. The Balaban J connectivity index is 2.17. The molecule has 6 heteroatoms. The summed E-state index contributed by atoms with van der Waals surface area (Å²) in [6.07, 6.45) is 1.67. The molecular formula is C11H15FN4O. The number of aromatic nitrogens is 1. The van der Waals surface area contributed by atoms with Gasteiger partial charge in [0.1, 0.15) is 0 Å². The molecule has 0 radical (unpaired) electrons. The maximum absolute atomic E-state index is 12.2. The van der Waals surface area contributed by atoms with E-state index in [4.69, 9.17) is 0 Å². The van der Waals surface area contributed by atoms with Crippen molar-refractivity contribution in [2.24, 2.45) is 0 Å². The van der Waals surface area contributed by atoms with Gasteiger partial charge in [-0.1, -0.05) is 0 Å². The SMILES string of the molecule is O=C(CF)Nc1cccnc1N1CCNCC1. The molecule has 1 aliphatic rings. The van der Waals surface area contributed by atoms with Crippen molar-refractivity contribution in [3.05, 3.63) is 18.3 Å². The fourth-order valence-corrected chi connectivity index (χ4v) is 1.81. The number of piperazine rings is 1. The first-order valence-electron chi connectivity index (χ1n) is 5.58. The van der Waals surface area contributed by atoms with Gasteiger partial charge in [-0.2, -0.15) is 0 Å². The molecule has 0 saturated carbocycles. The first kappa shape index (κ1) is 11.8. The van der Waals surface area contributed by atoms with Crippen LogP contribution >= 0.6 is 0 Å². The van der Waals surface area contributed by atoms with E-state index < -0.39 is 12.6 Å². The predicted molar refractivity (Wildman–Crippen MR) is 63.9 cm³/mol. The third-order valence-corrected chi connectivity index (χ3v) is 2.60. The van der Waals surface area contributed by atoms with Crippen LogP contribution in [0.1, 0.15) is 0 Å². The fourth-order valence-electron chi connectivity index (χ4n) is 1.81. The highest BCUT2D eigenvalue weighted by Crippen LogP contribution is 2.22. The molecule has 2 N–H and O–H groups in total. The Morgan fingerprint density at radius 3 is 3.00 bits per heavy atom. The number of pyridine rings is 1. The Hall–Kier alpha value is -1.69. The highest BCUT2D eigenvalue weighted by Gasteiger charge is 2.16. The minimum Gasteiger partial charge on any atom is -0.352 e. The summed E-state index contributed by atoms with van der Waals surface area (Å²) >= 11 is 0. The molecule has 1 aromatic heterocycles. The van der Waals surface area contributed by atoms with E-state index in [1.807, 2.05) is 0 Å². The number of rotatable bonds is 3. The molecule has 17 heavy (non-hydrogen) atoms. The van der Waals surface area contributed by atoms with Gasteiger partial charge in [0, 0.05) is 32.4 Å². The molecule has 1 fully saturated rings. The Morgan fingerprint density at radius 1 is 1.53 bits per heavy atom. The zero-order valence-electron chi connectivity index (χ0n) is 9.45. The summed E-state index contributed by atoms with van der Waals surface area (Å²) in [7, 11) is 0. The number of anilines is 2. The number of nitrogens with one attached hydrogen (secondary N) is 2. The zero-order valence-corrected chi connectivity index (χ0v) is 9.45. The maximum atomic E-state index is 12.2. The van der Waals surface area contributed by atoms with E-state index in [0.29, 0.717) is 11.5 Å². The molecule has 0 unspecified atom stereocenters. The van der Waals surface area contributed by atoms with Crippen LogP contribution in [0.25, 0.3) is 0 Å². The molecule has 0 aliphatic carbocycles. The molecule has 1 aromatic rings. The van der Waals surface area contributed by atoms with Gasteiger partial charge in [-0.05, 0) is 12.1 Å². The van der Waals surface area contributed by atoms with Crippen molar-refractivity contribution in [2.75, 3.05) is 43.1 Å². The smallest absolute Gasteiger partial charge is 0.255 e. The summed E-state index contributed by atoms with van der Waals surface area (Å²) in [6.45, 7) is 2.40. The summed E-state index contributed by atoms with van der Waals surface area (Å²) < 4.78 is 12.2. The third-order valence-electron chi connectivity index (χ3n) is 2.60. The lowest BCUT2D eigenvalue weighted by Crippen LogP contribution is -2.44. The summed E-state index contributed by atoms with van der Waals surface area (Å²) in [5.41, 5.74) is 0.567. The largest absolute Gasteiger partial charge is 0.352 e. The fraction of sp³-hybridized carbons (Fsp3) is 0.455. The topological polar surface area (TPSA) is 57.3 Å². The second-order valence-electron chi connectivity index (χ2n) is 3.79. The molecule has 0 aromatic carbocycles. The summed E-state index contributed by atoms with van der Waals surface area (Å²) in [6, 6.07) is 3.46. The van der Waals surface area contributed by atoms with Crippen LogP contribution in [0, 0.1) is 0 Å². The average Bonchev–Trinajstić information content (AvgIpc) is 2.40. The van der Waals surface area contributed by atoms with Crippen molar-refractivity contribution in [1.82, 2.24) is 10.3 Å². The molecule has 5 nitrogen and oxygen atoms in total. The molecule has 1 saturated heterocycles. The first-order chi connectivity index (χ1) is 8.31. The van der Waals surface area contributed by atoms with Crippen LogP contribution in [0.4, 0.5) is 15.9 Å². The standard InChI is InChI=1S/C11H15FN4O/c12-8-10(17)15-9-2-1-3-14-11(9)16-6-4-13-5-7-16/h1-3,13H,4-8H2,(H,15,17). The highest BCUT2D eigenvalue weighted by molar-refractivity contribution is 5.94. The molecule has 0 bridgehead atoms. The van der Waals surface area contributed by atoms with Crippen molar-refractivity contribution in [3.8, 4) is 0 Å². The molecule has 2 rings (SSSR count). The van der Waals surface area contributed by atoms with Crippen LogP contribution in [0.3, 0.4) is 0 Å². The van der Waals surface area contributed by atoms with E-state index in [2.05, 4.69) is 20.5 Å². The van der Waals surface area contributed by atoms with Gasteiger partial charge in [-0.25, -0.2) is 9.37 Å². The van der Waals surface area contributed by atoms with E-state index in [1.165, 1.54) is 0 Å². The first-order valence-corrected chi connectivity index (χ1v) is 5.58. The monoisotopic (exact) mass is 238 g/mol. The van der Waals surface area contributed by atoms with Crippen molar-refractivity contribution in [2.45, 2.75) is 0 Å². The summed E-state index contributed by atoms with van der Waals surface area (Å²) in [5.74, 6) is 0.0604. The van der Waals surface area contributed by atoms with Crippen molar-refractivity contribution in [1.29, 1.82) is 0 Å². The number of hydrogen-bond donors (Lipinski definition) is 2. The van der Waals surface area contributed by atoms with Crippen molar-refractivity contribution < 1.29 is 9.18 Å². The molecule has 0 spiro atoms. The van der Waals surface area contributed by atoms with E-state index in [0.717, 1.165) is 26.2 Å². The normalized spacial score (nSPS) is 15.7. The van der Waals surface area contributed by atoms with Crippen LogP contribution in [0.2, 0.25) is 0 Å². The number of carbonyl (C=O) groups excluding carboxylic acids is 1. The molecule has 1 aliphatic heterocycles. The Morgan fingerprint density at radius 2 is 2.29 bits per heavy atom. The minimum absolute atomic E-state index is 0.567. The highest BCUT2D eigenvalue weighted by atomic mass is 19.1. The lowest BCUT2D eigenvalue weighted by molar-refractivity contribution is -0.117. The quantitative estimate of drug-likeness (QED) is 0.800. The van der Waals surface area contributed by atoms with Crippen LogP contribution in [-0.2, 0) is 4.79 Å². The van der Waals surface area contributed by atoms with Crippen LogP contribution in [0.5, 0.6) is 0 Å². The third kappa shape index (κ3) is 2.91. The maximum Gasteiger partial charge on any atom is 0.255 e. The molecule has 0 atom stereocenters. The molecule has 92 valence electrons. The molecular weight excluding hydrogens is 223 g/mol. The lowest BCUT2D eigenvalue weighted by Gasteiger charge is -2.29. The van der Waals surface area contributed by atoms with E-state index in [1.54, 1.807) is 18.3 Å². The average molecular weight is 238 g/mol. The van der Waals surface area contributed by atoms with Crippen LogP contribution in [0.15, 0.2) is 18.3 Å². The van der Waals surface area contributed by atoms with Crippen LogP contribution in [-0.4, -0.2) is 43.7 Å². The molecule has 1 amide bonds. The van der Waals surface area contributed by atoms with E-state index >= 15 is 0 Å². The van der Waals surface area contributed by atoms with Crippen molar-refractivity contribution >= 4 is 17.4 Å². The van der Waals surface area contributed by atoms with Gasteiger partial charge < -0.3 is 15.5 Å². The number of nitrogens with zero attached hydrogens (tertiary/aromatic N) is 2.